The van der Waals surface area contributed by atoms with E-state index in [2.05, 4.69) is 35.6 Å². The Morgan fingerprint density at radius 1 is 1.43 bits per heavy atom. The van der Waals surface area contributed by atoms with Crippen molar-refractivity contribution in [2.24, 2.45) is 0 Å². The van der Waals surface area contributed by atoms with Crippen molar-refractivity contribution in [3.63, 3.8) is 0 Å². The van der Waals surface area contributed by atoms with E-state index in [-0.39, 0.29) is 0 Å². The number of allylic oxidation sites excluding steroid dienone is 1. The summed E-state index contributed by atoms with van der Waals surface area (Å²) in [6, 6.07) is 0. The molecule has 14 heavy (non-hydrogen) atoms. The fourth-order valence-electron chi connectivity index (χ4n) is 1.83. The molecule has 0 amide bonds. The van der Waals surface area contributed by atoms with Crippen LogP contribution in [0.15, 0.2) is 6.08 Å². The van der Waals surface area contributed by atoms with Gasteiger partial charge in [-0.15, -0.1) is 0 Å². The van der Waals surface area contributed by atoms with Crippen LogP contribution in [0.25, 0.3) is 6.08 Å². The fraction of sp³-hybridized carbons (Fsp3) is 0.583. The highest BCUT2D eigenvalue weighted by Crippen LogP contribution is 2.19. The number of fused-ring (bicyclic) bond motifs is 1. The van der Waals surface area contributed by atoms with Crippen molar-refractivity contribution in [1.29, 1.82) is 0 Å². The Morgan fingerprint density at radius 3 is 2.79 bits per heavy atom. The number of aromatic nitrogens is 2. The molecule has 0 radical (unpaired) electrons. The van der Waals surface area contributed by atoms with Crippen molar-refractivity contribution in [3.05, 3.63) is 23.3 Å². The first kappa shape index (κ1) is 11.0. The van der Waals surface area contributed by atoms with Gasteiger partial charge in [-0.3, -0.25) is 0 Å². The van der Waals surface area contributed by atoms with Crippen LogP contribution in [-0.4, -0.2) is 9.55 Å². The lowest BCUT2D eigenvalue weighted by atomic mass is 10.1. The quantitative estimate of drug-likeness (QED) is 0.668. The van der Waals surface area contributed by atoms with E-state index >= 15 is 0 Å². The van der Waals surface area contributed by atoms with Crippen molar-refractivity contribution in [1.82, 2.24) is 9.55 Å². The maximum atomic E-state index is 4.53. The molecule has 2 nitrogen and oxygen atoms in total. The summed E-state index contributed by atoms with van der Waals surface area (Å²) in [5.74, 6) is 1.15. The highest BCUT2D eigenvalue weighted by Gasteiger charge is 2.12. The average Bonchev–Trinajstić information content (AvgIpc) is 2.56. The molecule has 0 fully saturated rings. The highest BCUT2D eigenvalue weighted by atomic mass is 15.1. The van der Waals surface area contributed by atoms with Gasteiger partial charge in [-0.1, -0.05) is 19.9 Å². The minimum atomic E-state index is 1.03. The molecule has 1 aliphatic rings. The zero-order valence-corrected chi connectivity index (χ0v) is 9.67. The summed E-state index contributed by atoms with van der Waals surface area (Å²) in [6.45, 7) is 9.27. The molecular formula is C12H20N2. The van der Waals surface area contributed by atoms with Crippen molar-refractivity contribution in [3.8, 4) is 0 Å². The Hall–Kier alpha value is -1.05. The summed E-state index contributed by atoms with van der Waals surface area (Å²) in [5, 5.41) is 0. The maximum absolute atomic E-state index is 4.53. The zero-order chi connectivity index (χ0) is 10.6. The molecule has 1 aliphatic carbocycles. The Balaban J connectivity index is 0.000000461. The zero-order valence-electron chi connectivity index (χ0n) is 9.67. The highest BCUT2D eigenvalue weighted by molar-refractivity contribution is 5.51. The average molecular weight is 192 g/mol. The molecule has 1 aromatic rings. The van der Waals surface area contributed by atoms with Gasteiger partial charge in [-0.25, -0.2) is 4.98 Å². The number of imidazole rings is 1. The molecule has 0 spiro atoms. The summed E-state index contributed by atoms with van der Waals surface area (Å²) in [5.41, 5.74) is 2.60. The number of rotatable bonds is 1. The molecular weight excluding hydrogens is 172 g/mol. The van der Waals surface area contributed by atoms with Gasteiger partial charge in [-0.05, 0) is 32.8 Å². The Labute approximate surface area is 86.7 Å². The summed E-state index contributed by atoms with van der Waals surface area (Å²) in [7, 11) is 0. The van der Waals surface area contributed by atoms with Gasteiger partial charge in [-0.2, -0.15) is 0 Å². The third-order valence-corrected chi connectivity index (χ3v) is 2.41. The fourth-order valence-corrected chi connectivity index (χ4v) is 1.83. The van der Waals surface area contributed by atoms with Crippen LogP contribution in [0, 0.1) is 6.92 Å². The second-order valence-electron chi connectivity index (χ2n) is 3.18. The van der Waals surface area contributed by atoms with E-state index in [1.165, 1.54) is 11.4 Å². The Bertz CT molecular complexity index is 321. The monoisotopic (exact) mass is 192 g/mol. The van der Waals surface area contributed by atoms with Crippen LogP contribution in [0.3, 0.4) is 0 Å². The summed E-state index contributed by atoms with van der Waals surface area (Å²) >= 11 is 0. The van der Waals surface area contributed by atoms with Gasteiger partial charge in [0.15, 0.2) is 0 Å². The van der Waals surface area contributed by atoms with Crippen molar-refractivity contribution in [2.45, 2.75) is 47.1 Å². The Kier molecular flexibility index (Phi) is 3.93. The number of nitrogens with zero attached hydrogens (tertiary/aromatic N) is 2. The minimum Gasteiger partial charge on any atom is -0.329 e. The van der Waals surface area contributed by atoms with Gasteiger partial charge >= 0.3 is 0 Å². The SMILES string of the molecule is CC.CCn1c(C)nc2c1C=CCC2. The Morgan fingerprint density at radius 2 is 2.14 bits per heavy atom. The molecule has 0 aliphatic heterocycles. The van der Waals surface area contributed by atoms with E-state index in [1.807, 2.05) is 13.8 Å². The predicted molar refractivity (Wildman–Crippen MR) is 61.3 cm³/mol. The van der Waals surface area contributed by atoms with E-state index in [0.717, 1.165) is 25.2 Å². The van der Waals surface area contributed by atoms with Gasteiger partial charge < -0.3 is 4.57 Å². The van der Waals surface area contributed by atoms with Gasteiger partial charge in [0.25, 0.3) is 0 Å². The lowest BCUT2D eigenvalue weighted by molar-refractivity contribution is 0.722. The number of hydrogen-bond donors (Lipinski definition) is 0. The molecule has 2 rings (SSSR count). The first-order chi connectivity index (χ1) is 6.83. The van der Waals surface area contributed by atoms with Crippen molar-refractivity contribution in [2.75, 3.05) is 0 Å². The van der Waals surface area contributed by atoms with E-state index in [4.69, 9.17) is 0 Å². The second kappa shape index (κ2) is 4.99. The third-order valence-electron chi connectivity index (χ3n) is 2.41. The van der Waals surface area contributed by atoms with Crippen LogP contribution in [0.5, 0.6) is 0 Å². The largest absolute Gasteiger partial charge is 0.329 e. The summed E-state index contributed by atoms with van der Waals surface area (Å²) in [6.07, 6.45) is 6.69. The lowest BCUT2D eigenvalue weighted by Gasteiger charge is -2.07. The van der Waals surface area contributed by atoms with Gasteiger partial charge in [0, 0.05) is 6.54 Å². The molecule has 1 aromatic heterocycles. The van der Waals surface area contributed by atoms with Crippen LogP contribution in [0.2, 0.25) is 0 Å². The molecule has 0 saturated heterocycles. The van der Waals surface area contributed by atoms with Crippen molar-refractivity contribution < 1.29 is 0 Å². The van der Waals surface area contributed by atoms with E-state index < -0.39 is 0 Å². The van der Waals surface area contributed by atoms with E-state index in [9.17, 15) is 0 Å². The van der Waals surface area contributed by atoms with Crippen LogP contribution < -0.4 is 0 Å². The number of hydrogen-bond acceptors (Lipinski definition) is 1. The summed E-state index contributed by atoms with van der Waals surface area (Å²) < 4.78 is 2.27. The first-order valence-electron chi connectivity index (χ1n) is 5.55. The minimum absolute atomic E-state index is 1.03. The topological polar surface area (TPSA) is 17.8 Å². The molecule has 78 valence electrons. The van der Waals surface area contributed by atoms with Gasteiger partial charge in [0.05, 0.1) is 11.4 Å². The maximum Gasteiger partial charge on any atom is 0.106 e. The van der Waals surface area contributed by atoms with E-state index in [0.29, 0.717) is 0 Å². The predicted octanol–water partition coefficient (Wildman–Crippen LogP) is 3.20. The molecule has 2 heteroatoms. The van der Waals surface area contributed by atoms with Crippen LogP contribution in [0.4, 0.5) is 0 Å². The molecule has 0 aromatic carbocycles. The first-order valence-corrected chi connectivity index (χ1v) is 5.55. The summed E-state index contributed by atoms with van der Waals surface area (Å²) in [4.78, 5) is 4.53. The van der Waals surface area contributed by atoms with Crippen LogP contribution in [0.1, 0.15) is 44.4 Å². The van der Waals surface area contributed by atoms with E-state index in [1.54, 1.807) is 0 Å². The normalized spacial score (nSPS) is 13.1. The third kappa shape index (κ3) is 1.89. The molecule has 0 atom stereocenters. The van der Waals surface area contributed by atoms with Gasteiger partial charge in [0.2, 0.25) is 0 Å². The van der Waals surface area contributed by atoms with Crippen LogP contribution in [-0.2, 0) is 13.0 Å². The second-order valence-corrected chi connectivity index (χ2v) is 3.18. The van der Waals surface area contributed by atoms with Gasteiger partial charge in [0.1, 0.15) is 5.82 Å². The van der Waals surface area contributed by atoms with Crippen molar-refractivity contribution >= 4 is 6.08 Å². The molecule has 1 heterocycles. The molecule has 0 N–H and O–H groups in total. The molecule has 0 saturated carbocycles. The molecule has 0 unspecified atom stereocenters. The van der Waals surface area contributed by atoms with Crippen LogP contribution >= 0.6 is 0 Å². The molecule has 0 bridgehead atoms. The lowest BCUT2D eigenvalue weighted by Crippen LogP contribution is -2.01. The number of aryl methyl sites for hydroxylation is 2. The standard InChI is InChI=1S/C10H14N2.C2H6/c1-3-12-8(2)11-9-6-4-5-7-10(9)12;1-2/h5,7H,3-4,6H2,1-2H3;1-2H3. The smallest absolute Gasteiger partial charge is 0.106 e.